The fourth-order valence-electron chi connectivity index (χ4n) is 2.28. The fourth-order valence-corrected chi connectivity index (χ4v) is 6.90. The van der Waals surface area contributed by atoms with Crippen LogP contribution in [0, 0.1) is 0 Å². The molecule has 1 aromatic rings. The van der Waals surface area contributed by atoms with Crippen molar-refractivity contribution in [2.45, 2.75) is 40.7 Å². The van der Waals surface area contributed by atoms with E-state index in [0.29, 0.717) is 18.5 Å². The monoisotopic (exact) mass is 324 g/mol. The third-order valence-electron chi connectivity index (χ3n) is 3.22. The fraction of sp³-hybridized carbons (Fsp3) is 0.600. The van der Waals surface area contributed by atoms with E-state index in [0.717, 1.165) is 11.3 Å². The van der Waals surface area contributed by atoms with Gasteiger partial charge in [0.2, 0.25) is 10.0 Å². The van der Waals surface area contributed by atoms with Crippen molar-refractivity contribution >= 4 is 31.2 Å². The summed E-state index contributed by atoms with van der Waals surface area (Å²) in [5.41, 5.74) is 0.312. The Morgan fingerprint density at radius 3 is 2.68 bits per heavy atom. The molecule has 0 aromatic carbocycles. The predicted molar refractivity (Wildman–Crippen MR) is 73.4 cm³/mol. The lowest BCUT2D eigenvalue weighted by Gasteiger charge is -2.28. The number of hydrogen-bond acceptors (Lipinski definition) is 6. The minimum absolute atomic E-state index is 0.0751. The Labute approximate surface area is 117 Å². The van der Waals surface area contributed by atoms with Gasteiger partial charge in [0.05, 0.1) is 10.1 Å². The topological polar surface area (TPSA) is 106 Å². The summed E-state index contributed by atoms with van der Waals surface area (Å²) < 4.78 is 47.7. The molecule has 19 heavy (non-hydrogen) atoms. The van der Waals surface area contributed by atoms with Crippen LogP contribution in [0.4, 0.5) is 0 Å². The summed E-state index contributed by atoms with van der Waals surface area (Å²) in [5.74, 6) is 0. The molecule has 3 N–H and O–H groups in total. The quantitative estimate of drug-likeness (QED) is 0.847. The summed E-state index contributed by atoms with van der Waals surface area (Å²) in [6, 6.07) is -0.293. The van der Waals surface area contributed by atoms with Crippen LogP contribution in [-0.4, -0.2) is 28.6 Å². The molecule has 6 nitrogen and oxygen atoms in total. The first-order chi connectivity index (χ1) is 8.69. The van der Waals surface area contributed by atoms with Crippen LogP contribution in [0.15, 0.2) is 14.5 Å². The standard InChI is InChI=1S/C10H16N2O4S3/c1-3-12-7-4-6(2)18(13,14)10-9(7)8(5-17-10)19(11,15)16/h5-7,12H,3-4H2,1-2H3,(H2,11,15,16)/t6-,7-/m0/s1. The van der Waals surface area contributed by atoms with Gasteiger partial charge in [-0.3, -0.25) is 0 Å². The summed E-state index contributed by atoms with van der Waals surface area (Å²) in [5, 5.41) is 9.08. The van der Waals surface area contributed by atoms with Gasteiger partial charge in [-0.1, -0.05) is 6.92 Å². The number of rotatable bonds is 3. The molecule has 1 aliphatic rings. The SMILES string of the molecule is CCN[C@H]1C[C@H](C)S(=O)(=O)c2scc(S(N)(=O)=O)c21. The second kappa shape index (κ2) is 4.81. The molecule has 1 aliphatic heterocycles. The molecule has 0 fully saturated rings. The number of hydrogen-bond donors (Lipinski definition) is 2. The summed E-state index contributed by atoms with van der Waals surface area (Å²) in [6.07, 6.45) is 0.350. The number of sulfonamides is 1. The molecular weight excluding hydrogens is 308 g/mol. The first-order valence-corrected chi connectivity index (χ1v) is 9.78. The summed E-state index contributed by atoms with van der Waals surface area (Å²) in [6.45, 7) is 4.15. The highest BCUT2D eigenvalue weighted by atomic mass is 32.2. The van der Waals surface area contributed by atoms with Crippen LogP contribution in [0.1, 0.15) is 31.9 Å². The number of nitrogens with two attached hydrogens (primary N) is 1. The van der Waals surface area contributed by atoms with Crippen molar-refractivity contribution in [2.24, 2.45) is 5.14 Å². The third kappa shape index (κ3) is 2.45. The maximum Gasteiger partial charge on any atom is 0.239 e. The van der Waals surface area contributed by atoms with Crippen LogP contribution in [-0.2, 0) is 19.9 Å². The molecular formula is C10H16N2O4S3. The van der Waals surface area contributed by atoms with E-state index in [1.54, 1.807) is 6.92 Å². The van der Waals surface area contributed by atoms with Gasteiger partial charge in [-0.2, -0.15) is 0 Å². The average Bonchev–Trinajstić information content (AvgIpc) is 2.71. The van der Waals surface area contributed by atoms with Gasteiger partial charge in [0, 0.05) is 17.0 Å². The molecule has 0 amide bonds. The van der Waals surface area contributed by atoms with Crippen LogP contribution in [0.2, 0.25) is 0 Å². The Morgan fingerprint density at radius 1 is 1.53 bits per heavy atom. The minimum Gasteiger partial charge on any atom is -0.310 e. The van der Waals surface area contributed by atoms with E-state index >= 15 is 0 Å². The highest BCUT2D eigenvalue weighted by Gasteiger charge is 2.40. The molecule has 0 bridgehead atoms. The molecule has 0 aliphatic carbocycles. The van der Waals surface area contributed by atoms with E-state index in [1.165, 1.54) is 5.38 Å². The van der Waals surface area contributed by atoms with Crippen molar-refractivity contribution < 1.29 is 16.8 Å². The molecule has 0 spiro atoms. The second-order valence-electron chi connectivity index (χ2n) is 4.55. The Morgan fingerprint density at radius 2 is 2.16 bits per heavy atom. The van der Waals surface area contributed by atoms with Crippen LogP contribution in [0.3, 0.4) is 0 Å². The van der Waals surface area contributed by atoms with Crippen molar-refractivity contribution in [3.8, 4) is 0 Å². The lowest BCUT2D eigenvalue weighted by Crippen LogP contribution is -2.34. The summed E-state index contributed by atoms with van der Waals surface area (Å²) in [7, 11) is -7.37. The van der Waals surface area contributed by atoms with Gasteiger partial charge < -0.3 is 5.32 Å². The zero-order chi connectivity index (χ0) is 14.4. The predicted octanol–water partition coefficient (Wildman–Crippen LogP) is 0.612. The molecule has 2 heterocycles. The largest absolute Gasteiger partial charge is 0.310 e. The molecule has 0 saturated carbocycles. The Hall–Kier alpha value is -0.480. The lowest BCUT2D eigenvalue weighted by atomic mass is 10.0. The van der Waals surface area contributed by atoms with Crippen molar-refractivity contribution in [3.05, 3.63) is 10.9 Å². The molecule has 1 aromatic heterocycles. The van der Waals surface area contributed by atoms with Gasteiger partial charge in [0.25, 0.3) is 0 Å². The van der Waals surface area contributed by atoms with Crippen LogP contribution in [0.25, 0.3) is 0 Å². The van der Waals surface area contributed by atoms with Crippen molar-refractivity contribution in [1.29, 1.82) is 0 Å². The van der Waals surface area contributed by atoms with Gasteiger partial charge in [-0.05, 0) is 19.9 Å². The number of primary sulfonamides is 1. The molecule has 108 valence electrons. The zero-order valence-corrected chi connectivity index (χ0v) is 13.0. The molecule has 2 rings (SSSR count). The van der Waals surface area contributed by atoms with Gasteiger partial charge >= 0.3 is 0 Å². The Kier molecular flexibility index (Phi) is 3.78. The lowest BCUT2D eigenvalue weighted by molar-refractivity contribution is 0.470. The number of sulfone groups is 1. The van der Waals surface area contributed by atoms with E-state index in [-0.39, 0.29) is 15.1 Å². The molecule has 9 heteroatoms. The van der Waals surface area contributed by atoms with Crippen molar-refractivity contribution in [1.82, 2.24) is 5.32 Å². The number of nitrogens with one attached hydrogen (secondary N) is 1. The van der Waals surface area contributed by atoms with Gasteiger partial charge in [0.15, 0.2) is 9.84 Å². The normalized spacial score (nSPS) is 26.1. The van der Waals surface area contributed by atoms with Crippen LogP contribution in [0.5, 0.6) is 0 Å². The van der Waals surface area contributed by atoms with E-state index in [1.807, 2.05) is 6.92 Å². The van der Waals surface area contributed by atoms with Crippen LogP contribution < -0.4 is 10.5 Å². The number of fused-ring (bicyclic) bond motifs is 1. The van der Waals surface area contributed by atoms with Crippen molar-refractivity contribution in [2.75, 3.05) is 6.54 Å². The van der Waals surface area contributed by atoms with E-state index in [9.17, 15) is 16.8 Å². The van der Waals surface area contributed by atoms with E-state index in [2.05, 4.69) is 5.32 Å². The summed E-state index contributed by atoms with van der Waals surface area (Å²) in [4.78, 5) is -0.0751. The Bertz CT molecular complexity index is 690. The number of thiophene rings is 1. The van der Waals surface area contributed by atoms with Crippen LogP contribution >= 0.6 is 11.3 Å². The first kappa shape index (κ1) is 14.9. The maximum atomic E-state index is 12.2. The summed E-state index contributed by atoms with van der Waals surface area (Å²) >= 11 is 0.932. The second-order valence-corrected chi connectivity index (χ2v) is 9.52. The van der Waals surface area contributed by atoms with Gasteiger partial charge in [-0.25, -0.2) is 22.0 Å². The van der Waals surface area contributed by atoms with E-state index < -0.39 is 25.1 Å². The Balaban J connectivity index is 2.71. The minimum atomic E-state index is -3.91. The first-order valence-electron chi connectivity index (χ1n) is 5.81. The zero-order valence-electron chi connectivity index (χ0n) is 10.6. The highest BCUT2D eigenvalue weighted by Crippen LogP contribution is 2.43. The maximum absolute atomic E-state index is 12.2. The molecule has 0 radical (unpaired) electrons. The van der Waals surface area contributed by atoms with Gasteiger partial charge in [-0.15, -0.1) is 11.3 Å². The van der Waals surface area contributed by atoms with Crippen molar-refractivity contribution in [3.63, 3.8) is 0 Å². The highest BCUT2D eigenvalue weighted by molar-refractivity contribution is 7.94. The third-order valence-corrected chi connectivity index (χ3v) is 8.08. The molecule has 2 atom stereocenters. The van der Waals surface area contributed by atoms with Gasteiger partial charge in [0.1, 0.15) is 4.21 Å². The smallest absolute Gasteiger partial charge is 0.239 e. The average molecular weight is 324 g/mol. The molecule has 0 unspecified atom stereocenters. The molecule has 0 saturated heterocycles. The van der Waals surface area contributed by atoms with E-state index in [4.69, 9.17) is 5.14 Å².